The summed E-state index contributed by atoms with van der Waals surface area (Å²) in [5.41, 5.74) is 2.57. The fraction of sp³-hybridized carbons (Fsp3) is 0.238. The Kier molecular flexibility index (Phi) is 7.53. The van der Waals surface area contributed by atoms with E-state index < -0.39 is 0 Å². The van der Waals surface area contributed by atoms with E-state index in [1.54, 1.807) is 12.5 Å². The van der Waals surface area contributed by atoms with Crippen molar-refractivity contribution in [2.45, 2.75) is 25.7 Å². The van der Waals surface area contributed by atoms with Gasteiger partial charge in [0.15, 0.2) is 0 Å². The van der Waals surface area contributed by atoms with Crippen LogP contribution in [0.2, 0.25) is 6.32 Å². The Morgan fingerprint density at radius 2 is 1.60 bits per heavy atom. The maximum atomic E-state index is 8.45. The molecular formula is C21H22BN3. The predicted molar refractivity (Wildman–Crippen MR) is 102 cm³/mol. The van der Waals surface area contributed by atoms with Crippen LogP contribution < -0.4 is 0 Å². The average molecular weight is 327 g/mol. The standard InChI is InChI=1S/C14H13B.C7H9N3/c15-11-14(12-7-3-1-4-8-12)13-9-5-2-6-10-13;1-7(4-8)5-10-3-2-9-6-10/h1-10,14H,11H2;2-3,6-7H,5H2,1H3. The van der Waals surface area contributed by atoms with Gasteiger partial charge in [-0.1, -0.05) is 67.0 Å². The molecule has 0 bridgehead atoms. The summed E-state index contributed by atoms with van der Waals surface area (Å²) in [4.78, 5) is 3.86. The summed E-state index contributed by atoms with van der Waals surface area (Å²) in [5.74, 6) is 0.376. The van der Waals surface area contributed by atoms with Gasteiger partial charge in [0, 0.05) is 24.9 Å². The lowest BCUT2D eigenvalue weighted by molar-refractivity contribution is 0.580. The third kappa shape index (κ3) is 5.97. The summed E-state index contributed by atoms with van der Waals surface area (Å²) in [6.07, 6.45) is 5.93. The van der Waals surface area contributed by atoms with E-state index in [0.29, 0.717) is 12.2 Å². The molecule has 1 atom stereocenters. The Morgan fingerprint density at radius 1 is 1.04 bits per heavy atom. The third-order valence-electron chi connectivity index (χ3n) is 3.90. The normalized spacial score (nSPS) is 11.2. The minimum Gasteiger partial charge on any atom is -0.336 e. The molecule has 0 spiro atoms. The number of hydrogen-bond donors (Lipinski definition) is 0. The maximum Gasteiger partial charge on any atom is 0.0946 e. The summed E-state index contributed by atoms with van der Waals surface area (Å²) in [7, 11) is 5.84. The fourth-order valence-corrected chi connectivity index (χ4v) is 2.59. The van der Waals surface area contributed by atoms with Gasteiger partial charge in [0.1, 0.15) is 0 Å². The minimum atomic E-state index is 0.0641. The lowest BCUT2D eigenvalue weighted by atomic mass is 9.81. The quantitative estimate of drug-likeness (QED) is 0.650. The van der Waals surface area contributed by atoms with Gasteiger partial charge in [-0.3, -0.25) is 0 Å². The van der Waals surface area contributed by atoms with Gasteiger partial charge in [0.05, 0.1) is 26.2 Å². The van der Waals surface area contributed by atoms with Crippen molar-refractivity contribution in [2.75, 3.05) is 0 Å². The van der Waals surface area contributed by atoms with Gasteiger partial charge in [-0.2, -0.15) is 5.26 Å². The first-order valence-corrected chi connectivity index (χ1v) is 8.40. The van der Waals surface area contributed by atoms with Gasteiger partial charge < -0.3 is 4.57 Å². The zero-order valence-corrected chi connectivity index (χ0v) is 14.5. The van der Waals surface area contributed by atoms with E-state index in [2.05, 4.69) is 59.6 Å². The summed E-state index contributed by atoms with van der Waals surface area (Å²) in [6.45, 7) is 2.62. The fourth-order valence-electron chi connectivity index (χ4n) is 2.59. The van der Waals surface area contributed by atoms with Crippen molar-refractivity contribution in [3.8, 4) is 6.07 Å². The highest BCUT2D eigenvalue weighted by Gasteiger charge is 2.09. The molecule has 3 aromatic rings. The summed E-state index contributed by atoms with van der Waals surface area (Å²) in [5, 5.41) is 8.45. The van der Waals surface area contributed by atoms with Gasteiger partial charge in [-0.25, -0.2) is 4.98 Å². The monoisotopic (exact) mass is 327 g/mol. The number of benzene rings is 2. The lowest BCUT2D eigenvalue weighted by Gasteiger charge is -2.15. The smallest absolute Gasteiger partial charge is 0.0946 e. The van der Waals surface area contributed by atoms with Crippen LogP contribution in [0.5, 0.6) is 0 Å². The number of nitrogens with zero attached hydrogens (tertiary/aromatic N) is 3. The summed E-state index contributed by atoms with van der Waals surface area (Å²) < 4.78 is 1.90. The van der Waals surface area contributed by atoms with Gasteiger partial charge >= 0.3 is 0 Å². The third-order valence-corrected chi connectivity index (χ3v) is 3.90. The molecule has 0 amide bonds. The van der Waals surface area contributed by atoms with E-state index in [-0.39, 0.29) is 5.92 Å². The van der Waals surface area contributed by atoms with E-state index in [0.717, 1.165) is 6.54 Å². The molecule has 0 aliphatic carbocycles. The van der Waals surface area contributed by atoms with Crippen molar-refractivity contribution in [1.29, 1.82) is 5.26 Å². The first-order valence-electron chi connectivity index (χ1n) is 8.40. The lowest BCUT2D eigenvalue weighted by Crippen LogP contribution is -2.02. The van der Waals surface area contributed by atoms with Crippen molar-refractivity contribution >= 4 is 7.85 Å². The van der Waals surface area contributed by atoms with E-state index in [9.17, 15) is 0 Å². The van der Waals surface area contributed by atoms with Crippen molar-refractivity contribution in [3.63, 3.8) is 0 Å². The molecule has 3 rings (SSSR count). The van der Waals surface area contributed by atoms with Crippen LogP contribution in [0, 0.1) is 17.2 Å². The molecule has 4 heteroatoms. The first-order chi connectivity index (χ1) is 12.2. The minimum absolute atomic E-state index is 0.0641. The Bertz CT molecular complexity index is 709. The van der Waals surface area contributed by atoms with Gasteiger partial charge in [-0.15, -0.1) is 0 Å². The predicted octanol–water partition coefficient (Wildman–Crippen LogP) is 4.45. The summed E-state index contributed by atoms with van der Waals surface area (Å²) >= 11 is 0. The molecule has 0 saturated heterocycles. The average Bonchev–Trinajstić information content (AvgIpc) is 3.17. The van der Waals surface area contributed by atoms with Crippen LogP contribution in [-0.4, -0.2) is 17.4 Å². The van der Waals surface area contributed by atoms with Crippen LogP contribution in [0.4, 0.5) is 0 Å². The van der Waals surface area contributed by atoms with Crippen molar-refractivity contribution in [1.82, 2.24) is 9.55 Å². The van der Waals surface area contributed by atoms with Crippen molar-refractivity contribution in [3.05, 3.63) is 90.5 Å². The van der Waals surface area contributed by atoms with Crippen molar-refractivity contribution in [2.24, 2.45) is 5.92 Å². The molecule has 3 nitrogen and oxygen atoms in total. The molecule has 0 fully saturated rings. The SMILES string of the molecule is CC(C#N)Cn1ccnc1.[B]CC(c1ccccc1)c1ccccc1. The maximum absolute atomic E-state index is 8.45. The van der Waals surface area contributed by atoms with Crippen LogP contribution in [0.25, 0.3) is 0 Å². The second-order valence-corrected chi connectivity index (χ2v) is 5.90. The Morgan fingerprint density at radius 3 is 2.00 bits per heavy atom. The highest BCUT2D eigenvalue weighted by molar-refractivity contribution is 6.09. The van der Waals surface area contributed by atoms with Crippen LogP contribution in [0.15, 0.2) is 79.4 Å². The highest BCUT2D eigenvalue weighted by Crippen LogP contribution is 2.26. The number of aromatic nitrogens is 2. The molecule has 1 heterocycles. The van der Waals surface area contributed by atoms with Crippen LogP contribution in [0.1, 0.15) is 24.0 Å². The van der Waals surface area contributed by atoms with E-state index in [4.69, 9.17) is 13.1 Å². The Labute approximate surface area is 151 Å². The molecule has 1 aromatic heterocycles. The number of rotatable bonds is 5. The largest absolute Gasteiger partial charge is 0.336 e. The van der Waals surface area contributed by atoms with Gasteiger partial charge in [0.25, 0.3) is 0 Å². The molecule has 0 aliphatic heterocycles. The zero-order valence-electron chi connectivity index (χ0n) is 14.5. The topological polar surface area (TPSA) is 41.6 Å². The number of imidazole rings is 1. The molecule has 2 radical (unpaired) electrons. The Hall–Kier alpha value is -2.80. The zero-order chi connectivity index (χ0) is 17.9. The van der Waals surface area contributed by atoms with Crippen LogP contribution >= 0.6 is 0 Å². The van der Waals surface area contributed by atoms with Gasteiger partial charge in [-0.05, 0) is 18.1 Å². The highest BCUT2D eigenvalue weighted by atomic mass is 15.0. The molecule has 2 aromatic carbocycles. The molecule has 124 valence electrons. The molecular weight excluding hydrogens is 305 g/mol. The van der Waals surface area contributed by atoms with Crippen LogP contribution in [-0.2, 0) is 6.54 Å². The number of nitriles is 1. The van der Waals surface area contributed by atoms with Crippen LogP contribution in [0.3, 0.4) is 0 Å². The summed E-state index contributed by atoms with van der Waals surface area (Å²) in [6, 6.07) is 23.0. The first kappa shape index (κ1) is 18.5. The molecule has 0 saturated carbocycles. The van der Waals surface area contributed by atoms with E-state index in [1.807, 2.05) is 29.8 Å². The Balaban J connectivity index is 0.000000196. The molecule has 25 heavy (non-hydrogen) atoms. The molecule has 0 aliphatic rings. The van der Waals surface area contributed by atoms with E-state index in [1.165, 1.54) is 11.1 Å². The second-order valence-electron chi connectivity index (χ2n) is 5.90. The molecule has 1 unspecified atom stereocenters. The molecule has 0 N–H and O–H groups in total. The van der Waals surface area contributed by atoms with E-state index >= 15 is 0 Å². The number of hydrogen-bond acceptors (Lipinski definition) is 2. The van der Waals surface area contributed by atoms with Gasteiger partial charge in [0.2, 0.25) is 0 Å². The second kappa shape index (κ2) is 10.1. The van der Waals surface area contributed by atoms with Crippen molar-refractivity contribution < 1.29 is 0 Å².